The smallest absolute Gasteiger partial charge is 0.228 e. The van der Waals surface area contributed by atoms with Crippen molar-refractivity contribution in [2.75, 3.05) is 14.2 Å². The van der Waals surface area contributed by atoms with E-state index >= 15 is 0 Å². The molecule has 4 heteroatoms. The van der Waals surface area contributed by atoms with Crippen molar-refractivity contribution < 1.29 is 19.1 Å². The maximum absolute atomic E-state index is 12.4. The maximum Gasteiger partial charge on any atom is 0.228 e. The van der Waals surface area contributed by atoms with E-state index < -0.39 is 0 Å². The van der Waals surface area contributed by atoms with Gasteiger partial charge < -0.3 is 9.47 Å². The van der Waals surface area contributed by atoms with Crippen LogP contribution >= 0.6 is 0 Å². The molecule has 0 saturated heterocycles. The number of hydrogen-bond acceptors (Lipinski definition) is 4. The summed E-state index contributed by atoms with van der Waals surface area (Å²) in [4.78, 5) is 24.6. The van der Waals surface area contributed by atoms with E-state index in [2.05, 4.69) is 6.92 Å². The summed E-state index contributed by atoms with van der Waals surface area (Å²) in [7, 11) is 2.78. The Hall–Kier alpha value is -1.58. The summed E-state index contributed by atoms with van der Waals surface area (Å²) in [6.45, 7) is 3.90. The molecule has 0 radical (unpaired) electrons. The number of methoxy groups -OCH3 is 2. The van der Waals surface area contributed by atoms with E-state index in [0.717, 1.165) is 12.8 Å². The van der Waals surface area contributed by atoms with Gasteiger partial charge in [-0.05, 0) is 19.8 Å². The third-order valence-electron chi connectivity index (χ3n) is 4.12. The van der Waals surface area contributed by atoms with Crippen LogP contribution in [-0.4, -0.2) is 25.8 Å². The molecule has 0 aliphatic heterocycles. The molecule has 0 spiro atoms. The third kappa shape index (κ3) is 4.46. The van der Waals surface area contributed by atoms with Crippen molar-refractivity contribution in [1.29, 1.82) is 0 Å². The monoisotopic (exact) mass is 308 g/mol. The molecule has 0 fully saturated rings. The lowest BCUT2D eigenvalue weighted by Crippen LogP contribution is -2.25. The maximum atomic E-state index is 12.4. The van der Waals surface area contributed by atoms with Crippen LogP contribution < -0.4 is 0 Å². The number of ether oxygens (including phenoxy) is 2. The van der Waals surface area contributed by atoms with Gasteiger partial charge in [0.1, 0.15) is 0 Å². The largest absolute Gasteiger partial charge is 0.489 e. The standard InChI is InChI=1S/C18H28O4/c1-5-6-7-8-9-10-11-12-14-13(2)15(19)17(21-3)18(22-4)16(14)20/h5-12H2,1-4H3. The lowest BCUT2D eigenvalue weighted by molar-refractivity contribution is -0.121. The molecule has 1 rings (SSSR count). The second kappa shape index (κ2) is 9.44. The lowest BCUT2D eigenvalue weighted by atomic mass is 9.89. The quantitative estimate of drug-likeness (QED) is 0.450. The van der Waals surface area contributed by atoms with Gasteiger partial charge in [0.25, 0.3) is 0 Å². The van der Waals surface area contributed by atoms with Crippen LogP contribution in [0.15, 0.2) is 22.7 Å². The number of carbonyl (C=O) groups excluding carboxylic acids is 2. The number of carbonyl (C=O) groups is 2. The average Bonchev–Trinajstić information content (AvgIpc) is 2.52. The molecular formula is C18H28O4. The van der Waals surface area contributed by atoms with Gasteiger partial charge in [-0.2, -0.15) is 0 Å². The van der Waals surface area contributed by atoms with Crippen LogP contribution in [0.5, 0.6) is 0 Å². The molecule has 124 valence electrons. The number of rotatable bonds is 10. The first-order valence-corrected chi connectivity index (χ1v) is 8.19. The minimum atomic E-state index is -0.239. The fourth-order valence-corrected chi connectivity index (χ4v) is 2.75. The molecule has 1 aliphatic carbocycles. The minimum absolute atomic E-state index is 0.0216. The van der Waals surface area contributed by atoms with E-state index in [1.807, 2.05) is 0 Å². The Morgan fingerprint density at radius 1 is 0.773 bits per heavy atom. The van der Waals surface area contributed by atoms with Gasteiger partial charge in [-0.25, -0.2) is 0 Å². The molecule has 1 aliphatic rings. The number of allylic oxidation sites excluding steroid dienone is 2. The van der Waals surface area contributed by atoms with Crippen LogP contribution in [0.25, 0.3) is 0 Å². The van der Waals surface area contributed by atoms with Crippen LogP contribution in [0.3, 0.4) is 0 Å². The minimum Gasteiger partial charge on any atom is -0.489 e. The Balaban J connectivity index is 2.58. The van der Waals surface area contributed by atoms with Crippen LogP contribution in [0.4, 0.5) is 0 Å². The molecule has 0 aromatic heterocycles. The zero-order valence-corrected chi connectivity index (χ0v) is 14.3. The predicted octanol–water partition coefficient (Wildman–Crippen LogP) is 4.10. The van der Waals surface area contributed by atoms with Crippen molar-refractivity contribution in [2.24, 2.45) is 0 Å². The Morgan fingerprint density at radius 2 is 1.27 bits per heavy atom. The molecule has 0 N–H and O–H groups in total. The van der Waals surface area contributed by atoms with Gasteiger partial charge in [0.2, 0.25) is 23.1 Å². The SMILES string of the molecule is CCCCCCCCCC1=C(C)C(=O)C(OC)=C(OC)C1=O. The van der Waals surface area contributed by atoms with E-state index in [0.29, 0.717) is 17.6 Å². The van der Waals surface area contributed by atoms with Crippen molar-refractivity contribution >= 4 is 11.6 Å². The first-order chi connectivity index (χ1) is 10.6. The fraction of sp³-hybridized carbons (Fsp3) is 0.667. The van der Waals surface area contributed by atoms with Gasteiger partial charge in [-0.3, -0.25) is 9.59 Å². The van der Waals surface area contributed by atoms with Gasteiger partial charge >= 0.3 is 0 Å². The molecule has 0 unspecified atom stereocenters. The number of hydrogen-bond donors (Lipinski definition) is 0. The van der Waals surface area contributed by atoms with E-state index in [9.17, 15) is 9.59 Å². The highest BCUT2D eigenvalue weighted by atomic mass is 16.5. The van der Waals surface area contributed by atoms with Crippen molar-refractivity contribution in [3.05, 3.63) is 22.7 Å². The van der Waals surface area contributed by atoms with E-state index in [1.54, 1.807) is 6.92 Å². The summed E-state index contributed by atoms with van der Waals surface area (Å²) in [5, 5.41) is 0. The van der Waals surface area contributed by atoms with Gasteiger partial charge in [0.15, 0.2) is 0 Å². The molecule has 0 aromatic rings. The lowest BCUT2D eigenvalue weighted by Gasteiger charge is -2.20. The number of Topliss-reactive ketones (excluding diaryl/α,β-unsaturated/α-hetero) is 2. The number of ketones is 2. The van der Waals surface area contributed by atoms with E-state index in [4.69, 9.17) is 9.47 Å². The average molecular weight is 308 g/mol. The fourth-order valence-electron chi connectivity index (χ4n) is 2.75. The van der Waals surface area contributed by atoms with Crippen LogP contribution in [0.2, 0.25) is 0 Å². The molecular weight excluding hydrogens is 280 g/mol. The Labute approximate surface area is 133 Å². The summed E-state index contributed by atoms with van der Waals surface area (Å²) in [5.74, 6) is -0.385. The normalized spacial score (nSPS) is 15.6. The van der Waals surface area contributed by atoms with Crippen LogP contribution in [-0.2, 0) is 19.1 Å². The highest BCUT2D eigenvalue weighted by Gasteiger charge is 2.34. The summed E-state index contributed by atoms with van der Waals surface area (Å²) < 4.78 is 10.1. The molecule has 22 heavy (non-hydrogen) atoms. The first-order valence-electron chi connectivity index (χ1n) is 8.19. The van der Waals surface area contributed by atoms with Gasteiger partial charge in [-0.15, -0.1) is 0 Å². The summed E-state index contributed by atoms with van der Waals surface area (Å²) in [6, 6.07) is 0. The first kappa shape index (κ1) is 18.5. The van der Waals surface area contributed by atoms with E-state index in [-0.39, 0.29) is 23.1 Å². The zero-order valence-electron chi connectivity index (χ0n) is 14.3. The van der Waals surface area contributed by atoms with Crippen molar-refractivity contribution in [2.45, 2.75) is 65.2 Å². The van der Waals surface area contributed by atoms with Gasteiger partial charge in [-0.1, -0.05) is 45.4 Å². The summed E-state index contributed by atoms with van der Waals surface area (Å²) in [6.07, 6.45) is 8.90. The molecule has 0 amide bonds. The highest BCUT2D eigenvalue weighted by molar-refractivity contribution is 6.23. The molecule has 0 bridgehead atoms. The van der Waals surface area contributed by atoms with Crippen LogP contribution in [0, 0.1) is 0 Å². The Kier molecular flexibility index (Phi) is 7.92. The van der Waals surface area contributed by atoms with E-state index in [1.165, 1.54) is 46.3 Å². The van der Waals surface area contributed by atoms with Gasteiger partial charge in [0.05, 0.1) is 14.2 Å². The molecule has 0 heterocycles. The predicted molar refractivity (Wildman–Crippen MR) is 86.4 cm³/mol. The molecule has 0 saturated carbocycles. The van der Waals surface area contributed by atoms with Crippen molar-refractivity contribution in [3.63, 3.8) is 0 Å². The zero-order chi connectivity index (χ0) is 16.5. The van der Waals surface area contributed by atoms with Crippen LogP contribution in [0.1, 0.15) is 65.2 Å². The highest BCUT2D eigenvalue weighted by Crippen LogP contribution is 2.28. The Bertz CT molecular complexity index is 471. The molecule has 0 aromatic carbocycles. The molecule has 0 atom stereocenters. The second-order valence-corrected chi connectivity index (χ2v) is 5.70. The number of unbranched alkanes of at least 4 members (excludes halogenated alkanes) is 6. The van der Waals surface area contributed by atoms with Crippen molar-refractivity contribution in [1.82, 2.24) is 0 Å². The second-order valence-electron chi connectivity index (χ2n) is 5.70. The molecule has 4 nitrogen and oxygen atoms in total. The Morgan fingerprint density at radius 3 is 1.82 bits per heavy atom. The summed E-state index contributed by atoms with van der Waals surface area (Å²) in [5.41, 5.74) is 1.07. The third-order valence-corrected chi connectivity index (χ3v) is 4.12. The van der Waals surface area contributed by atoms with Crippen molar-refractivity contribution in [3.8, 4) is 0 Å². The van der Waals surface area contributed by atoms with Gasteiger partial charge in [0, 0.05) is 11.1 Å². The topological polar surface area (TPSA) is 52.6 Å². The summed E-state index contributed by atoms with van der Waals surface area (Å²) >= 11 is 0.